The number of hydrogen-bond donors (Lipinski definition) is 1. The van der Waals surface area contributed by atoms with E-state index in [1.54, 1.807) is 0 Å². The Morgan fingerprint density at radius 2 is 1.96 bits per heavy atom. The van der Waals surface area contributed by atoms with Crippen LogP contribution in [-0.4, -0.2) is 50.2 Å². The van der Waals surface area contributed by atoms with E-state index >= 15 is 0 Å². The molecule has 1 aliphatic heterocycles. The molecular formula is C18H25ClN2O2. The van der Waals surface area contributed by atoms with Gasteiger partial charge in [0, 0.05) is 36.2 Å². The predicted molar refractivity (Wildman–Crippen MR) is 91.8 cm³/mol. The van der Waals surface area contributed by atoms with E-state index in [0.717, 1.165) is 37.5 Å². The Balaban J connectivity index is 1.55. The summed E-state index contributed by atoms with van der Waals surface area (Å²) in [6, 6.07) is 7.85. The van der Waals surface area contributed by atoms with Crippen LogP contribution in [0.2, 0.25) is 5.02 Å². The van der Waals surface area contributed by atoms with Gasteiger partial charge in [0.1, 0.15) is 0 Å². The molecule has 0 bridgehead atoms. The van der Waals surface area contributed by atoms with Gasteiger partial charge in [-0.05, 0) is 57.0 Å². The molecule has 1 heterocycles. The Morgan fingerprint density at radius 1 is 1.30 bits per heavy atom. The van der Waals surface area contributed by atoms with Crippen LogP contribution in [0.25, 0.3) is 0 Å². The lowest BCUT2D eigenvalue weighted by Gasteiger charge is -2.42. The van der Waals surface area contributed by atoms with Crippen LogP contribution >= 0.6 is 11.6 Å². The minimum Gasteiger partial charge on any atom is -0.381 e. The van der Waals surface area contributed by atoms with E-state index in [9.17, 15) is 4.79 Å². The first-order chi connectivity index (χ1) is 11.0. The lowest BCUT2D eigenvalue weighted by atomic mass is 9.88. The molecule has 0 radical (unpaired) electrons. The van der Waals surface area contributed by atoms with Crippen molar-refractivity contribution in [1.82, 2.24) is 10.2 Å². The number of nitrogens with one attached hydrogen (secondary N) is 1. The van der Waals surface area contributed by atoms with Gasteiger partial charge in [0.15, 0.2) is 0 Å². The average molecular weight is 337 g/mol. The number of carbonyl (C=O) groups is 1. The largest absolute Gasteiger partial charge is 0.381 e. The molecule has 2 atom stereocenters. The van der Waals surface area contributed by atoms with Crippen LogP contribution in [0.15, 0.2) is 24.3 Å². The van der Waals surface area contributed by atoms with Gasteiger partial charge in [0.2, 0.25) is 5.91 Å². The van der Waals surface area contributed by atoms with Gasteiger partial charge in [-0.15, -0.1) is 0 Å². The van der Waals surface area contributed by atoms with Crippen molar-refractivity contribution in [2.75, 3.05) is 33.9 Å². The summed E-state index contributed by atoms with van der Waals surface area (Å²) in [5, 5.41) is 3.92. The van der Waals surface area contributed by atoms with Gasteiger partial charge in [-0.2, -0.15) is 0 Å². The predicted octanol–water partition coefficient (Wildman–Crippen LogP) is 2.67. The Morgan fingerprint density at radius 3 is 2.57 bits per heavy atom. The first-order valence-corrected chi connectivity index (χ1v) is 8.68. The number of ether oxygens (including phenoxy) is 1. The van der Waals surface area contributed by atoms with E-state index in [1.165, 1.54) is 5.56 Å². The summed E-state index contributed by atoms with van der Waals surface area (Å²) in [7, 11) is 4.18. The van der Waals surface area contributed by atoms with Gasteiger partial charge in [0.25, 0.3) is 0 Å². The van der Waals surface area contributed by atoms with Crippen LogP contribution < -0.4 is 5.32 Å². The fourth-order valence-corrected chi connectivity index (χ4v) is 3.61. The molecule has 1 aromatic rings. The Hall–Kier alpha value is -1.10. The molecule has 2 unspecified atom stereocenters. The van der Waals surface area contributed by atoms with Crippen molar-refractivity contribution in [3.8, 4) is 0 Å². The third-order valence-corrected chi connectivity index (χ3v) is 5.64. The molecule has 1 N–H and O–H groups in total. The van der Waals surface area contributed by atoms with Crippen LogP contribution in [0.1, 0.15) is 30.7 Å². The highest BCUT2D eigenvalue weighted by Crippen LogP contribution is 2.47. The highest BCUT2D eigenvalue weighted by molar-refractivity contribution is 6.30. The third kappa shape index (κ3) is 3.70. The standard InChI is InChI=1S/C18H25ClN2O2/c1-21(2)18(7-9-23-10-8-18)12-20-17(22)16-11-15(16)13-3-5-14(19)6-4-13/h3-6,15-16H,7-12H2,1-2H3,(H,20,22). The maximum Gasteiger partial charge on any atom is 0.223 e. The summed E-state index contributed by atoms with van der Waals surface area (Å²) in [6.07, 6.45) is 2.86. The zero-order chi connectivity index (χ0) is 16.4. The van der Waals surface area contributed by atoms with Crippen LogP contribution in [0, 0.1) is 5.92 Å². The normalized spacial score (nSPS) is 26.1. The zero-order valence-corrected chi connectivity index (χ0v) is 14.6. The highest BCUT2D eigenvalue weighted by Gasteiger charge is 2.45. The van der Waals surface area contributed by atoms with Gasteiger partial charge in [0.05, 0.1) is 0 Å². The molecule has 3 rings (SSSR count). The molecule has 1 aromatic carbocycles. The Kier molecular flexibility index (Phi) is 4.95. The number of benzene rings is 1. The lowest BCUT2D eigenvalue weighted by molar-refractivity contribution is -0.123. The highest BCUT2D eigenvalue weighted by atomic mass is 35.5. The van der Waals surface area contributed by atoms with Crippen molar-refractivity contribution >= 4 is 17.5 Å². The second kappa shape index (κ2) is 6.80. The van der Waals surface area contributed by atoms with Gasteiger partial charge in [-0.25, -0.2) is 0 Å². The topological polar surface area (TPSA) is 41.6 Å². The average Bonchev–Trinajstić information content (AvgIpc) is 3.35. The van der Waals surface area contributed by atoms with E-state index in [4.69, 9.17) is 16.3 Å². The van der Waals surface area contributed by atoms with Crippen molar-refractivity contribution in [1.29, 1.82) is 0 Å². The van der Waals surface area contributed by atoms with Gasteiger partial charge < -0.3 is 15.0 Å². The van der Waals surface area contributed by atoms with Crippen LogP contribution in [0.4, 0.5) is 0 Å². The second-order valence-corrected chi connectivity index (χ2v) is 7.39. The summed E-state index contributed by atoms with van der Waals surface area (Å²) in [5.41, 5.74) is 1.24. The molecule has 1 saturated heterocycles. The summed E-state index contributed by atoms with van der Waals surface area (Å²) in [4.78, 5) is 14.7. The monoisotopic (exact) mass is 336 g/mol. The molecule has 1 aliphatic carbocycles. The molecule has 0 spiro atoms. The lowest BCUT2D eigenvalue weighted by Crippen LogP contribution is -2.55. The number of rotatable bonds is 5. The number of hydrogen-bond acceptors (Lipinski definition) is 3. The van der Waals surface area contributed by atoms with E-state index < -0.39 is 0 Å². The molecule has 4 nitrogen and oxygen atoms in total. The number of halogens is 1. The first kappa shape index (κ1) is 16.7. The smallest absolute Gasteiger partial charge is 0.223 e. The summed E-state index contributed by atoms with van der Waals surface area (Å²) >= 11 is 5.92. The molecule has 23 heavy (non-hydrogen) atoms. The van der Waals surface area contributed by atoms with Crippen molar-refractivity contribution < 1.29 is 9.53 Å². The van der Waals surface area contributed by atoms with Crippen molar-refractivity contribution in [3.05, 3.63) is 34.9 Å². The van der Waals surface area contributed by atoms with E-state index in [1.807, 2.05) is 24.3 Å². The molecule has 5 heteroatoms. The van der Waals surface area contributed by atoms with Gasteiger partial charge >= 0.3 is 0 Å². The molecule has 0 aromatic heterocycles. The van der Waals surface area contributed by atoms with Gasteiger partial charge in [-0.1, -0.05) is 23.7 Å². The van der Waals surface area contributed by atoms with Crippen molar-refractivity contribution in [2.24, 2.45) is 5.92 Å². The van der Waals surface area contributed by atoms with Crippen molar-refractivity contribution in [3.63, 3.8) is 0 Å². The molecule has 1 amide bonds. The molecule has 1 saturated carbocycles. The van der Waals surface area contributed by atoms with Crippen molar-refractivity contribution in [2.45, 2.75) is 30.7 Å². The van der Waals surface area contributed by atoms with Gasteiger partial charge in [-0.3, -0.25) is 4.79 Å². The SMILES string of the molecule is CN(C)C1(CNC(=O)C2CC2c2ccc(Cl)cc2)CCOCC1. The number of likely N-dealkylation sites (N-methyl/N-ethyl adjacent to an activating group) is 1. The van der Waals surface area contributed by atoms with Crippen LogP contribution in [0.3, 0.4) is 0 Å². The summed E-state index contributed by atoms with van der Waals surface area (Å²) in [6.45, 7) is 2.24. The quantitative estimate of drug-likeness (QED) is 0.898. The van der Waals surface area contributed by atoms with E-state index in [0.29, 0.717) is 12.5 Å². The Labute approximate surface area is 143 Å². The molecule has 2 aliphatic rings. The Bertz CT molecular complexity index is 553. The molecular weight excluding hydrogens is 312 g/mol. The fourth-order valence-electron chi connectivity index (χ4n) is 3.48. The number of nitrogens with zero attached hydrogens (tertiary/aromatic N) is 1. The fraction of sp³-hybridized carbons (Fsp3) is 0.611. The van der Waals surface area contributed by atoms with Crippen LogP contribution in [-0.2, 0) is 9.53 Å². The number of amides is 1. The first-order valence-electron chi connectivity index (χ1n) is 8.30. The van der Waals surface area contributed by atoms with E-state index in [-0.39, 0.29) is 17.4 Å². The summed E-state index contributed by atoms with van der Waals surface area (Å²) < 4.78 is 5.48. The van der Waals surface area contributed by atoms with Crippen LogP contribution in [0.5, 0.6) is 0 Å². The number of carbonyl (C=O) groups excluding carboxylic acids is 1. The minimum atomic E-state index is 0.0264. The van der Waals surface area contributed by atoms with E-state index in [2.05, 4.69) is 24.3 Å². The third-order valence-electron chi connectivity index (χ3n) is 5.39. The maximum absolute atomic E-state index is 12.5. The maximum atomic E-state index is 12.5. The molecule has 126 valence electrons. The zero-order valence-electron chi connectivity index (χ0n) is 13.8. The summed E-state index contributed by atoms with van der Waals surface area (Å²) in [5.74, 6) is 0.630. The minimum absolute atomic E-state index is 0.0264. The second-order valence-electron chi connectivity index (χ2n) is 6.95. The molecule has 2 fully saturated rings.